The fourth-order valence-electron chi connectivity index (χ4n) is 6.34. The summed E-state index contributed by atoms with van der Waals surface area (Å²) in [6.07, 6.45) is 11.0. The molecule has 41 heavy (non-hydrogen) atoms. The molecule has 0 radical (unpaired) electrons. The van der Waals surface area contributed by atoms with Crippen molar-refractivity contribution < 1.29 is 9.13 Å². The zero-order valence-corrected chi connectivity index (χ0v) is 24.9. The standard InChI is InChI=1S/C32H34Cl2FN5O/c1-4-5-8-20-9-6-10-22(28(20)34)27-25(33)17-23-30(29(27)35)38-32(41-19(2)26-11-7-16-39(26)3)24-18-37-40(31(23)24)21-12-14-36-15-13-21/h4-6,8-10,17-19,21,26,36H,1,7,11-16H2,2-3H3/b8-5-/t19-,26?/m0/s1. The molecule has 0 amide bonds. The zero-order valence-electron chi connectivity index (χ0n) is 23.3. The first kappa shape index (κ1) is 28.2. The van der Waals surface area contributed by atoms with Crippen molar-refractivity contribution in [1.82, 2.24) is 25.0 Å². The lowest BCUT2D eigenvalue weighted by atomic mass is 9.99. The number of hydrogen-bond acceptors (Lipinski definition) is 5. The highest BCUT2D eigenvalue weighted by atomic mass is 35.5. The van der Waals surface area contributed by atoms with Crippen LogP contribution in [0.25, 0.3) is 39.0 Å². The number of fused-ring (bicyclic) bond motifs is 3. The molecule has 0 saturated carbocycles. The van der Waals surface area contributed by atoms with Crippen LogP contribution in [0.3, 0.4) is 0 Å². The lowest BCUT2D eigenvalue weighted by Crippen LogP contribution is -2.38. The van der Waals surface area contributed by atoms with Gasteiger partial charge in [-0.2, -0.15) is 5.10 Å². The Morgan fingerprint density at radius 3 is 2.73 bits per heavy atom. The maximum Gasteiger partial charge on any atom is 0.225 e. The summed E-state index contributed by atoms with van der Waals surface area (Å²) >= 11 is 13.7. The molecule has 6 nitrogen and oxygen atoms in total. The number of nitrogens with zero attached hydrogens (tertiary/aromatic N) is 4. The van der Waals surface area contributed by atoms with Crippen molar-refractivity contribution in [3.05, 3.63) is 70.6 Å². The van der Waals surface area contributed by atoms with Crippen molar-refractivity contribution in [2.75, 3.05) is 26.7 Å². The van der Waals surface area contributed by atoms with E-state index < -0.39 is 5.82 Å². The Morgan fingerprint density at radius 1 is 1.20 bits per heavy atom. The number of allylic oxidation sites excluding steroid dienone is 2. The third-order valence-corrected chi connectivity index (χ3v) is 9.19. The first-order valence-electron chi connectivity index (χ1n) is 14.2. The van der Waals surface area contributed by atoms with Crippen molar-refractivity contribution in [3.63, 3.8) is 0 Å². The molecule has 2 fully saturated rings. The van der Waals surface area contributed by atoms with Gasteiger partial charge in [-0.15, -0.1) is 0 Å². The number of rotatable bonds is 7. The smallest absolute Gasteiger partial charge is 0.225 e. The summed E-state index contributed by atoms with van der Waals surface area (Å²) in [5.74, 6) is -0.142. The van der Waals surface area contributed by atoms with Gasteiger partial charge in [0.1, 0.15) is 11.6 Å². The topological polar surface area (TPSA) is 55.2 Å². The molecule has 214 valence electrons. The number of aromatic nitrogens is 3. The van der Waals surface area contributed by atoms with Gasteiger partial charge >= 0.3 is 0 Å². The van der Waals surface area contributed by atoms with Crippen LogP contribution in [0.2, 0.25) is 10.0 Å². The van der Waals surface area contributed by atoms with Gasteiger partial charge in [-0.1, -0.05) is 66.2 Å². The van der Waals surface area contributed by atoms with Crippen LogP contribution in [0.4, 0.5) is 4.39 Å². The highest BCUT2D eigenvalue weighted by molar-refractivity contribution is 6.38. The maximum atomic E-state index is 16.7. The number of piperidine rings is 1. The van der Waals surface area contributed by atoms with E-state index in [-0.39, 0.29) is 34.3 Å². The number of likely N-dealkylation sites (N-methyl/N-ethyl adjacent to an activating group) is 1. The second kappa shape index (κ2) is 11.7. The van der Waals surface area contributed by atoms with Gasteiger partial charge in [-0.3, -0.25) is 9.58 Å². The summed E-state index contributed by atoms with van der Waals surface area (Å²) in [6.45, 7) is 8.62. The number of nitrogens with one attached hydrogen (secondary N) is 1. The van der Waals surface area contributed by atoms with E-state index in [1.807, 2.05) is 22.9 Å². The number of benzene rings is 2. The predicted molar refractivity (Wildman–Crippen MR) is 167 cm³/mol. The minimum absolute atomic E-state index is 0.129. The molecule has 0 bridgehead atoms. The number of halogens is 3. The van der Waals surface area contributed by atoms with Gasteiger partial charge < -0.3 is 10.1 Å². The predicted octanol–water partition coefficient (Wildman–Crippen LogP) is 7.68. The summed E-state index contributed by atoms with van der Waals surface area (Å²) < 4.78 is 25.3. The minimum Gasteiger partial charge on any atom is -0.472 e. The Hall–Kier alpha value is -2.97. The molecule has 9 heteroatoms. The van der Waals surface area contributed by atoms with Crippen LogP contribution in [0.1, 0.15) is 44.2 Å². The fourth-order valence-corrected chi connectivity index (χ4v) is 6.92. The molecule has 2 aromatic carbocycles. The largest absolute Gasteiger partial charge is 0.472 e. The summed E-state index contributed by atoms with van der Waals surface area (Å²) in [7, 11) is 2.12. The molecular weight excluding hydrogens is 560 g/mol. The average molecular weight is 595 g/mol. The molecule has 6 rings (SSSR count). The lowest BCUT2D eigenvalue weighted by Gasteiger charge is -2.27. The van der Waals surface area contributed by atoms with E-state index >= 15 is 4.39 Å². The van der Waals surface area contributed by atoms with Gasteiger partial charge in [0.2, 0.25) is 5.88 Å². The monoisotopic (exact) mass is 593 g/mol. The van der Waals surface area contributed by atoms with Gasteiger partial charge in [-0.05, 0) is 70.9 Å². The molecule has 2 aromatic heterocycles. The molecule has 4 heterocycles. The molecular formula is C32H34Cl2FN5O. The molecule has 1 unspecified atom stereocenters. The molecule has 0 aliphatic carbocycles. The van der Waals surface area contributed by atoms with Crippen molar-refractivity contribution in [2.24, 2.45) is 0 Å². The second-order valence-electron chi connectivity index (χ2n) is 11.0. The molecule has 2 aliphatic rings. The van der Waals surface area contributed by atoms with Crippen LogP contribution < -0.4 is 10.1 Å². The Morgan fingerprint density at radius 2 is 2.00 bits per heavy atom. The minimum atomic E-state index is -0.533. The van der Waals surface area contributed by atoms with Crippen LogP contribution in [0.15, 0.2) is 49.2 Å². The van der Waals surface area contributed by atoms with E-state index in [0.29, 0.717) is 21.9 Å². The molecule has 2 saturated heterocycles. The molecule has 1 N–H and O–H groups in total. The van der Waals surface area contributed by atoms with E-state index in [1.165, 1.54) is 0 Å². The Bertz CT molecular complexity index is 1640. The van der Waals surface area contributed by atoms with Gasteiger partial charge in [0.25, 0.3) is 0 Å². The third-order valence-electron chi connectivity index (χ3n) is 8.47. The van der Waals surface area contributed by atoms with Crippen LogP contribution in [0.5, 0.6) is 5.88 Å². The number of likely N-dealkylation sites (tertiary alicyclic amines) is 1. The highest BCUT2D eigenvalue weighted by Gasteiger charge is 2.30. The summed E-state index contributed by atoms with van der Waals surface area (Å²) in [5, 5.41) is 10.3. The Kier molecular flexibility index (Phi) is 8.05. The maximum absolute atomic E-state index is 16.7. The number of pyridine rings is 1. The summed E-state index contributed by atoms with van der Waals surface area (Å²) in [6, 6.07) is 7.71. The molecule has 2 atom stereocenters. The average Bonchev–Trinajstić information content (AvgIpc) is 3.61. The van der Waals surface area contributed by atoms with Gasteiger partial charge in [0, 0.05) is 22.6 Å². The quantitative estimate of drug-likeness (QED) is 0.223. The highest BCUT2D eigenvalue weighted by Crippen LogP contribution is 2.43. The van der Waals surface area contributed by atoms with Crippen LogP contribution >= 0.6 is 23.2 Å². The SMILES string of the molecule is C=C/C=C\c1cccc(-c2c(Cl)cc3c(nc(O[C@@H](C)C4CCCN4C)c4cnn(C5CCNCC5)c43)c2F)c1Cl. The van der Waals surface area contributed by atoms with Crippen molar-refractivity contribution in [1.29, 1.82) is 0 Å². The molecule has 0 spiro atoms. The van der Waals surface area contributed by atoms with Gasteiger partial charge in [0.15, 0.2) is 5.82 Å². The van der Waals surface area contributed by atoms with Crippen LogP contribution in [-0.2, 0) is 0 Å². The number of ether oxygens (including phenoxy) is 1. The lowest BCUT2D eigenvalue weighted by molar-refractivity contribution is 0.119. The van der Waals surface area contributed by atoms with Crippen molar-refractivity contribution in [3.8, 4) is 17.0 Å². The van der Waals surface area contributed by atoms with E-state index in [0.717, 1.165) is 61.8 Å². The Balaban J connectivity index is 1.57. The van der Waals surface area contributed by atoms with Crippen LogP contribution in [0, 0.1) is 5.82 Å². The van der Waals surface area contributed by atoms with E-state index in [1.54, 1.807) is 30.5 Å². The third kappa shape index (κ3) is 5.14. The summed E-state index contributed by atoms with van der Waals surface area (Å²) in [4.78, 5) is 7.13. The van der Waals surface area contributed by atoms with E-state index in [9.17, 15) is 0 Å². The van der Waals surface area contributed by atoms with E-state index in [2.05, 4.69) is 30.8 Å². The van der Waals surface area contributed by atoms with Gasteiger partial charge in [0.05, 0.1) is 33.2 Å². The molecule has 4 aromatic rings. The molecule has 2 aliphatic heterocycles. The Labute approximate surface area is 249 Å². The van der Waals surface area contributed by atoms with Crippen molar-refractivity contribution >= 4 is 51.1 Å². The normalized spacial score (nSPS) is 19.5. The first-order valence-corrected chi connectivity index (χ1v) is 15.0. The van der Waals surface area contributed by atoms with Crippen molar-refractivity contribution in [2.45, 2.75) is 50.8 Å². The first-order chi connectivity index (χ1) is 19.9. The summed E-state index contributed by atoms with van der Waals surface area (Å²) in [5.41, 5.74) is 2.44. The van der Waals surface area contributed by atoms with Crippen LogP contribution in [-0.4, -0.2) is 58.5 Å². The van der Waals surface area contributed by atoms with E-state index in [4.69, 9.17) is 38.0 Å². The second-order valence-corrected chi connectivity index (χ2v) is 11.8. The fraction of sp³-hybridized carbons (Fsp3) is 0.375. The van der Waals surface area contributed by atoms with Gasteiger partial charge in [-0.25, -0.2) is 9.37 Å². The zero-order chi connectivity index (χ0) is 28.7. The number of hydrogen-bond donors (Lipinski definition) is 1.